The van der Waals surface area contributed by atoms with Crippen molar-refractivity contribution in [1.82, 2.24) is 0 Å². The van der Waals surface area contributed by atoms with Gasteiger partial charge in [0.1, 0.15) is 18.2 Å². The van der Waals surface area contributed by atoms with Crippen LogP contribution in [0.3, 0.4) is 0 Å². The number of fused-ring (bicyclic) bond motifs is 1. The van der Waals surface area contributed by atoms with E-state index in [2.05, 4.69) is 5.32 Å². The SMILES string of the molecule is CC(=O)N1CCOc2ccc(NC(=O)CCc3ccccc3F)cc21. The lowest BCUT2D eigenvalue weighted by Crippen LogP contribution is -2.36. The minimum Gasteiger partial charge on any atom is -0.490 e. The molecule has 25 heavy (non-hydrogen) atoms. The number of carbonyl (C=O) groups is 2. The van der Waals surface area contributed by atoms with Crippen LogP contribution in [-0.2, 0) is 16.0 Å². The van der Waals surface area contributed by atoms with Gasteiger partial charge in [-0.15, -0.1) is 0 Å². The molecular formula is C19H19FN2O3. The summed E-state index contributed by atoms with van der Waals surface area (Å²) in [5.41, 5.74) is 1.74. The molecule has 0 spiro atoms. The number of anilines is 2. The fourth-order valence-electron chi connectivity index (χ4n) is 2.80. The first-order valence-corrected chi connectivity index (χ1v) is 8.13. The van der Waals surface area contributed by atoms with Gasteiger partial charge in [0.25, 0.3) is 0 Å². The number of aryl methyl sites for hydroxylation is 1. The van der Waals surface area contributed by atoms with Gasteiger partial charge in [0.15, 0.2) is 0 Å². The summed E-state index contributed by atoms with van der Waals surface area (Å²) in [6.07, 6.45) is 0.497. The van der Waals surface area contributed by atoms with Gasteiger partial charge in [-0.05, 0) is 36.2 Å². The van der Waals surface area contributed by atoms with E-state index in [1.807, 2.05) is 0 Å². The third-order valence-corrected chi connectivity index (χ3v) is 4.07. The average molecular weight is 342 g/mol. The van der Waals surface area contributed by atoms with Crippen LogP contribution in [0.15, 0.2) is 42.5 Å². The molecule has 1 heterocycles. The molecule has 2 aromatic carbocycles. The molecule has 3 rings (SSSR count). The van der Waals surface area contributed by atoms with Gasteiger partial charge in [0, 0.05) is 19.0 Å². The lowest BCUT2D eigenvalue weighted by atomic mass is 10.1. The smallest absolute Gasteiger partial charge is 0.224 e. The van der Waals surface area contributed by atoms with Crippen LogP contribution < -0.4 is 15.0 Å². The van der Waals surface area contributed by atoms with E-state index in [9.17, 15) is 14.0 Å². The van der Waals surface area contributed by atoms with Gasteiger partial charge < -0.3 is 15.0 Å². The molecule has 1 aliphatic rings. The maximum atomic E-state index is 13.6. The Balaban J connectivity index is 1.67. The highest BCUT2D eigenvalue weighted by Crippen LogP contribution is 2.34. The molecular weight excluding hydrogens is 323 g/mol. The van der Waals surface area contributed by atoms with Crippen LogP contribution in [0.2, 0.25) is 0 Å². The van der Waals surface area contributed by atoms with E-state index in [1.54, 1.807) is 41.3 Å². The molecule has 1 N–H and O–H groups in total. The van der Waals surface area contributed by atoms with Gasteiger partial charge in [0.05, 0.1) is 12.2 Å². The molecule has 5 nitrogen and oxygen atoms in total. The van der Waals surface area contributed by atoms with Gasteiger partial charge in [0.2, 0.25) is 11.8 Å². The number of hydrogen-bond donors (Lipinski definition) is 1. The van der Waals surface area contributed by atoms with Crippen LogP contribution in [0.1, 0.15) is 18.9 Å². The molecule has 0 radical (unpaired) electrons. The first-order chi connectivity index (χ1) is 12.0. The first kappa shape index (κ1) is 17.0. The van der Waals surface area contributed by atoms with Crippen molar-refractivity contribution in [2.24, 2.45) is 0 Å². The van der Waals surface area contributed by atoms with Crippen molar-refractivity contribution >= 4 is 23.2 Å². The summed E-state index contributed by atoms with van der Waals surface area (Å²) in [6, 6.07) is 11.6. The molecule has 0 aromatic heterocycles. The second-order valence-corrected chi connectivity index (χ2v) is 5.84. The summed E-state index contributed by atoms with van der Waals surface area (Å²) in [7, 11) is 0. The molecule has 0 aliphatic carbocycles. The third kappa shape index (κ3) is 3.96. The van der Waals surface area contributed by atoms with Crippen LogP contribution in [0.25, 0.3) is 0 Å². The average Bonchev–Trinajstić information content (AvgIpc) is 2.60. The van der Waals surface area contributed by atoms with E-state index < -0.39 is 0 Å². The summed E-state index contributed by atoms with van der Waals surface area (Å²) in [5.74, 6) is 0.0195. The number of nitrogens with zero attached hydrogens (tertiary/aromatic N) is 1. The zero-order valence-corrected chi connectivity index (χ0v) is 13.9. The number of halogens is 1. The van der Waals surface area contributed by atoms with Crippen molar-refractivity contribution < 1.29 is 18.7 Å². The van der Waals surface area contributed by atoms with Crippen molar-refractivity contribution in [3.63, 3.8) is 0 Å². The molecule has 0 fully saturated rings. The van der Waals surface area contributed by atoms with Crippen LogP contribution in [0.4, 0.5) is 15.8 Å². The van der Waals surface area contributed by atoms with Crippen LogP contribution in [0.5, 0.6) is 5.75 Å². The summed E-state index contributed by atoms with van der Waals surface area (Å²) in [6.45, 7) is 2.42. The Hall–Kier alpha value is -2.89. The predicted octanol–water partition coefficient (Wildman–Crippen LogP) is 3.14. The Kier molecular flexibility index (Phi) is 4.97. The summed E-state index contributed by atoms with van der Waals surface area (Å²) < 4.78 is 19.1. The van der Waals surface area contributed by atoms with Gasteiger partial charge in [-0.25, -0.2) is 4.39 Å². The minimum atomic E-state index is -0.307. The number of benzene rings is 2. The Morgan fingerprint density at radius 3 is 2.80 bits per heavy atom. The molecule has 6 heteroatoms. The second-order valence-electron chi connectivity index (χ2n) is 5.84. The van der Waals surface area contributed by atoms with Crippen LogP contribution in [-0.4, -0.2) is 25.0 Å². The second kappa shape index (κ2) is 7.34. The van der Waals surface area contributed by atoms with Crippen LogP contribution in [0, 0.1) is 5.82 Å². The molecule has 0 saturated carbocycles. The molecule has 0 saturated heterocycles. The lowest BCUT2D eigenvalue weighted by Gasteiger charge is -2.29. The summed E-state index contributed by atoms with van der Waals surface area (Å²) in [4.78, 5) is 25.5. The number of carbonyl (C=O) groups excluding carboxylic acids is 2. The van der Waals surface area contributed by atoms with E-state index in [0.717, 1.165) is 0 Å². The van der Waals surface area contributed by atoms with E-state index >= 15 is 0 Å². The van der Waals surface area contributed by atoms with Crippen molar-refractivity contribution in [3.05, 3.63) is 53.8 Å². The third-order valence-electron chi connectivity index (χ3n) is 4.07. The quantitative estimate of drug-likeness (QED) is 0.929. The Morgan fingerprint density at radius 2 is 2.04 bits per heavy atom. The zero-order chi connectivity index (χ0) is 17.8. The molecule has 0 unspecified atom stereocenters. The number of amides is 2. The summed E-state index contributed by atoms with van der Waals surface area (Å²) in [5, 5.41) is 2.79. The normalized spacial score (nSPS) is 13.0. The number of hydrogen-bond acceptors (Lipinski definition) is 3. The topological polar surface area (TPSA) is 58.6 Å². The largest absolute Gasteiger partial charge is 0.490 e. The molecule has 2 amide bonds. The Bertz CT molecular complexity index is 807. The molecule has 0 bridgehead atoms. The van der Waals surface area contributed by atoms with Gasteiger partial charge >= 0.3 is 0 Å². The van der Waals surface area contributed by atoms with Crippen molar-refractivity contribution in [2.45, 2.75) is 19.8 Å². The number of ether oxygens (including phenoxy) is 1. The Morgan fingerprint density at radius 1 is 1.24 bits per heavy atom. The highest BCUT2D eigenvalue weighted by Gasteiger charge is 2.21. The Labute approximate surface area is 145 Å². The highest BCUT2D eigenvalue weighted by atomic mass is 19.1. The standard InChI is InChI=1S/C19H19FN2O3/c1-13(23)22-10-11-25-18-8-7-15(12-17(18)22)21-19(24)9-6-14-4-2-3-5-16(14)20/h2-5,7-8,12H,6,9-11H2,1H3,(H,21,24). The maximum Gasteiger partial charge on any atom is 0.224 e. The van der Waals surface area contributed by atoms with Gasteiger partial charge in [-0.2, -0.15) is 0 Å². The highest BCUT2D eigenvalue weighted by molar-refractivity contribution is 5.96. The number of rotatable bonds is 4. The van der Waals surface area contributed by atoms with Crippen molar-refractivity contribution in [3.8, 4) is 5.75 Å². The predicted molar refractivity (Wildman–Crippen MR) is 93.3 cm³/mol. The molecule has 2 aromatic rings. The lowest BCUT2D eigenvalue weighted by molar-refractivity contribution is -0.117. The van der Waals surface area contributed by atoms with Crippen molar-refractivity contribution in [1.29, 1.82) is 0 Å². The monoisotopic (exact) mass is 342 g/mol. The van der Waals surface area contributed by atoms with E-state index in [-0.39, 0.29) is 24.1 Å². The zero-order valence-electron chi connectivity index (χ0n) is 13.9. The summed E-state index contributed by atoms with van der Waals surface area (Å²) >= 11 is 0. The fraction of sp³-hybridized carbons (Fsp3) is 0.263. The minimum absolute atomic E-state index is 0.0763. The van der Waals surface area contributed by atoms with Gasteiger partial charge in [-0.1, -0.05) is 18.2 Å². The van der Waals surface area contributed by atoms with Gasteiger partial charge in [-0.3, -0.25) is 9.59 Å². The van der Waals surface area contributed by atoms with E-state index in [1.165, 1.54) is 13.0 Å². The van der Waals surface area contributed by atoms with E-state index in [0.29, 0.717) is 42.3 Å². The maximum absolute atomic E-state index is 13.6. The van der Waals surface area contributed by atoms with E-state index in [4.69, 9.17) is 4.74 Å². The molecule has 1 aliphatic heterocycles. The molecule has 0 atom stereocenters. The molecule has 130 valence electrons. The van der Waals surface area contributed by atoms with Crippen LogP contribution >= 0.6 is 0 Å². The first-order valence-electron chi connectivity index (χ1n) is 8.13. The number of nitrogens with one attached hydrogen (secondary N) is 1. The fourth-order valence-corrected chi connectivity index (χ4v) is 2.80. The van der Waals surface area contributed by atoms with Crippen molar-refractivity contribution in [2.75, 3.05) is 23.4 Å².